The van der Waals surface area contributed by atoms with E-state index in [-0.39, 0.29) is 12.3 Å². The lowest BCUT2D eigenvalue weighted by molar-refractivity contribution is -0.137. The smallest absolute Gasteiger partial charge is 0.304 e. The normalized spacial score (nSPS) is 15.8. The SMILES string of the molecule is CCOCCOc1ccc2c(c1)CCCc1ccc(COc3ccc4c(c3)OC[C@H]4CC(=O)O)cc1-2. The van der Waals surface area contributed by atoms with Gasteiger partial charge < -0.3 is 24.1 Å². The third-order valence-corrected chi connectivity index (χ3v) is 6.83. The molecule has 0 bridgehead atoms. The molecule has 1 heterocycles. The summed E-state index contributed by atoms with van der Waals surface area (Å²) in [5.74, 6) is 1.40. The predicted molar refractivity (Wildman–Crippen MR) is 137 cm³/mol. The molecule has 3 aromatic rings. The minimum Gasteiger partial charge on any atom is -0.492 e. The van der Waals surface area contributed by atoms with Gasteiger partial charge >= 0.3 is 5.97 Å². The molecule has 0 radical (unpaired) electrons. The molecule has 1 aliphatic heterocycles. The Labute approximate surface area is 211 Å². The fraction of sp³-hybridized carbons (Fsp3) is 0.367. The molecule has 2 aliphatic rings. The van der Waals surface area contributed by atoms with Gasteiger partial charge in [-0.2, -0.15) is 0 Å². The van der Waals surface area contributed by atoms with E-state index in [0.717, 1.165) is 36.1 Å². The molecule has 1 atom stereocenters. The Morgan fingerprint density at radius 3 is 2.64 bits per heavy atom. The highest BCUT2D eigenvalue weighted by atomic mass is 16.5. The van der Waals surface area contributed by atoms with Crippen LogP contribution in [0.5, 0.6) is 17.2 Å². The lowest BCUT2D eigenvalue weighted by Crippen LogP contribution is -2.07. The number of aliphatic carboxylic acids is 1. The minimum absolute atomic E-state index is 0.0741. The molecule has 5 rings (SSSR count). The van der Waals surface area contributed by atoms with E-state index in [2.05, 4.69) is 30.3 Å². The van der Waals surface area contributed by atoms with E-state index in [1.54, 1.807) is 0 Å². The summed E-state index contributed by atoms with van der Waals surface area (Å²) in [6.45, 7) is 4.67. The number of carboxylic acid groups (broad SMARTS) is 1. The Kier molecular flexibility index (Phi) is 7.42. The Morgan fingerprint density at radius 2 is 1.78 bits per heavy atom. The van der Waals surface area contributed by atoms with E-state index in [1.165, 1.54) is 22.3 Å². The van der Waals surface area contributed by atoms with Crippen LogP contribution in [0, 0.1) is 0 Å². The summed E-state index contributed by atoms with van der Waals surface area (Å²) in [6, 6.07) is 18.7. The number of carbonyl (C=O) groups is 1. The molecule has 6 nitrogen and oxygen atoms in total. The van der Waals surface area contributed by atoms with Crippen molar-refractivity contribution in [2.75, 3.05) is 26.4 Å². The second-order valence-corrected chi connectivity index (χ2v) is 9.30. The summed E-state index contributed by atoms with van der Waals surface area (Å²) in [4.78, 5) is 11.1. The van der Waals surface area contributed by atoms with Crippen molar-refractivity contribution < 1.29 is 28.8 Å². The van der Waals surface area contributed by atoms with Crippen molar-refractivity contribution in [2.24, 2.45) is 0 Å². The number of aryl methyl sites for hydroxylation is 2. The molecular formula is C30H32O6. The molecule has 6 heteroatoms. The first-order valence-electron chi connectivity index (χ1n) is 12.7. The van der Waals surface area contributed by atoms with E-state index < -0.39 is 5.97 Å². The maximum atomic E-state index is 11.1. The van der Waals surface area contributed by atoms with Crippen molar-refractivity contribution in [1.29, 1.82) is 0 Å². The molecule has 0 aromatic heterocycles. The number of fused-ring (bicyclic) bond motifs is 4. The second kappa shape index (κ2) is 11.0. The van der Waals surface area contributed by atoms with Gasteiger partial charge in [0.25, 0.3) is 0 Å². The molecule has 3 aromatic carbocycles. The van der Waals surface area contributed by atoms with Gasteiger partial charge in [0, 0.05) is 24.2 Å². The van der Waals surface area contributed by atoms with Gasteiger partial charge in [0.2, 0.25) is 0 Å². The summed E-state index contributed by atoms with van der Waals surface area (Å²) in [5.41, 5.74) is 7.23. The lowest BCUT2D eigenvalue weighted by Gasteiger charge is -2.14. The zero-order valence-corrected chi connectivity index (χ0v) is 20.6. The van der Waals surface area contributed by atoms with Gasteiger partial charge in [-0.1, -0.05) is 24.3 Å². The van der Waals surface area contributed by atoms with Crippen molar-refractivity contribution in [3.8, 4) is 28.4 Å². The largest absolute Gasteiger partial charge is 0.492 e. The molecule has 36 heavy (non-hydrogen) atoms. The molecule has 1 aliphatic carbocycles. The summed E-state index contributed by atoms with van der Waals surface area (Å²) in [7, 11) is 0. The minimum atomic E-state index is -0.813. The monoisotopic (exact) mass is 488 g/mol. The Balaban J connectivity index is 1.29. The van der Waals surface area contributed by atoms with Crippen LogP contribution in [0.25, 0.3) is 11.1 Å². The summed E-state index contributed by atoms with van der Waals surface area (Å²) >= 11 is 0. The van der Waals surface area contributed by atoms with Gasteiger partial charge in [-0.3, -0.25) is 4.79 Å². The van der Waals surface area contributed by atoms with E-state index in [4.69, 9.17) is 24.1 Å². The van der Waals surface area contributed by atoms with Crippen LogP contribution in [0.15, 0.2) is 54.6 Å². The average molecular weight is 489 g/mol. The molecule has 0 saturated carbocycles. The molecule has 0 fully saturated rings. The van der Waals surface area contributed by atoms with Crippen LogP contribution in [0.1, 0.15) is 47.9 Å². The van der Waals surface area contributed by atoms with Crippen LogP contribution >= 0.6 is 0 Å². The number of ether oxygens (including phenoxy) is 4. The van der Waals surface area contributed by atoms with Gasteiger partial charge in [-0.25, -0.2) is 0 Å². The van der Waals surface area contributed by atoms with E-state index in [0.29, 0.717) is 44.5 Å². The van der Waals surface area contributed by atoms with Crippen LogP contribution in [0.2, 0.25) is 0 Å². The molecule has 0 saturated heterocycles. The topological polar surface area (TPSA) is 74.2 Å². The third-order valence-electron chi connectivity index (χ3n) is 6.83. The maximum Gasteiger partial charge on any atom is 0.304 e. The lowest BCUT2D eigenvalue weighted by atomic mass is 9.95. The number of hydrogen-bond acceptors (Lipinski definition) is 5. The van der Waals surface area contributed by atoms with E-state index >= 15 is 0 Å². The Hall–Kier alpha value is -3.51. The molecular weight excluding hydrogens is 456 g/mol. The molecule has 1 N–H and O–H groups in total. The fourth-order valence-electron chi connectivity index (χ4n) is 5.04. The van der Waals surface area contributed by atoms with Gasteiger partial charge in [0.15, 0.2) is 0 Å². The fourth-order valence-corrected chi connectivity index (χ4v) is 5.04. The standard InChI is InChI=1S/C30H32O6/c1-2-33-12-13-34-24-8-10-26-22(15-24)5-3-4-21-7-6-20(14-28(21)26)18-35-25-9-11-27-23(16-30(31)32)19-36-29(27)17-25/h6-11,14-15,17,23H,2-5,12-13,16,18-19H2,1H3,(H,31,32)/t23-/m1/s1. The van der Waals surface area contributed by atoms with Gasteiger partial charge in [0.1, 0.15) is 30.5 Å². The maximum absolute atomic E-state index is 11.1. The molecule has 0 amide bonds. The summed E-state index contributed by atoms with van der Waals surface area (Å²) in [5, 5.41) is 9.10. The number of carboxylic acids is 1. The average Bonchev–Trinajstić information content (AvgIpc) is 3.17. The molecule has 188 valence electrons. The van der Waals surface area contributed by atoms with E-state index in [9.17, 15) is 4.79 Å². The highest BCUT2D eigenvalue weighted by molar-refractivity contribution is 5.73. The summed E-state index contributed by atoms with van der Waals surface area (Å²) < 4.78 is 23.1. The third kappa shape index (κ3) is 5.49. The number of rotatable bonds is 10. The van der Waals surface area contributed by atoms with Crippen LogP contribution in [0.3, 0.4) is 0 Å². The number of benzene rings is 3. The zero-order valence-electron chi connectivity index (χ0n) is 20.6. The van der Waals surface area contributed by atoms with Crippen molar-refractivity contribution in [3.63, 3.8) is 0 Å². The van der Waals surface area contributed by atoms with E-state index in [1.807, 2.05) is 31.2 Å². The van der Waals surface area contributed by atoms with Crippen molar-refractivity contribution in [3.05, 3.63) is 76.9 Å². The highest BCUT2D eigenvalue weighted by Gasteiger charge is 2.26. The van der Waals surface area contributed by atoms with Crippen LogP contribution in [0.4, 0.5) is 0 Å². The van der Waals surface area contributed by atoms with Gasteiger partial charge in [-0.05, 0) is 78.3 Å². The first kappa shape index (κ1) is 24.2. The quantitative estimate of drug-likeness (QED) is 0.364. The first-order valence-corrected chi connectivity index (χ1v) is 12.7. The van der Waals surface area contributed by atoms with Crippen LogP contribution in [-0.4, -0.2) is 37.5 Å². The van der Waals surface area contributed by atoms with Crippen molar-refractivity contribution in [1.82, 2.24) is 0 Å². The number of hydrogen-bond donors (Lipinski definition) is 1. The Morgan fingerprint density at radius 1 is 0.944 bits per heavy atom. The van der Waals surface area contributed by atoms with Crippen molar-refractivity contribution in [2.45, 2.75) is 45.1 Å². The first-order chi connectivity index (χ1) is 17.6. The predicted octanol–water partition coefficient (Wildman–Crippen LogP) is 5.79. The Bertz CT molecular complexity index is 1230. The van der Waals surface area contributed by atoms with Crippen LogP contribution < -0.4 is 14.2 Å². The highest BCUT2D eigenvalue weighted by Crippen LogP contribution is 2.39. The van der Waals surface area contributed by atoms with Gasteiger partial charge in [0.05, 0.1) is 19.6 Å². The van der Waals surface area contributed by atoms with Gasteiger partial charge in [-0.15, -0.1) is 0 Å². The van der Waals surface area contributed by atoms with Crippen molar-refractivity contribution >= 4 is 5.97 Å². The molecule has 0 spiro atoms. The zero-order chi connectivity index (χ0) is 24.9. The molecule has 0 unspecified atom stereocenters. The summed E-state index contributed by atoms with van der Waals surface area (Å²) in [6.07, 6.45) is 3.25. The van der Waals surface area contributed by atoms with Crippen LogP contribution in [-0.2, 0) is 29.0 Å². The second-order valence-electron chi connectivity index (χ2n) is 9.30.